The molecule has 12 nitrogen and oxygen atoms in total. The van der Waals surface area contributed by atoms with Crippen LogP contribution in [0.5, 0.6) is 0 Å². The first-order chi connectivity index (χ1) is 20.1. The Labute approximate surface area is 252 Å². The van der Waals surface area contributed by atoms with Gasteiger partial charge >= 0.3 is 19.5 Å². The molecule has 0 atom stereocenters. The summed E-state index contributed by atoms with van der Waals surface area (Å²) in [4.78, 5) is 37.4. The zero-order chi connectivity index (χ0) is 31.8. The molecule has 13 heteroatoms. The number of hydrogen-bond donors (Lipinski definition) is 1. The molecule has 234 valence electrons. The van der Waals surface area contributed by atoms with Crippen LogP contribution in [0.4, 0.5) is 11.5 Å². The number of rotatable bonds is 13. The third-order valence-electron chi connectivity index (χ3n) is 6.14. The molecule has 3 rings (SSSR count). The first-order valence-corrected chi connectivity index (χ1v) is 15.7. The van der Waals surface area contributed by atoms with Gasteiger partial charge in [0.1, 0.15) is 6.33 Å². The van der Waals surface area contributed by atoms with E-state index in [2.05, 4.69) is 46.2 Å². The van der Waals surface area contributed by atoms with E-state index < -0.39 is 44.0 Å². The van der Waals surface area contributed by atoms with E-state index in [1.165, 1.54) is 11.9 Å². The second-order valence-electron chi connectivity index (χ2n) is 12.3. The van der Waals surface area contributed by atoms with Gasteiger partial charge in [-0.05, 0) is 65.2 Å². The average Bonchev–Trinajstić information content (AvgIpc) is 3.34. The van der Waals surface area contributed by atoms with Crippen LogP contribution >= 0.6 is 7.60 Å². The Balaban J connectivity index is 1.66. The van der Waals surface area contributed by atoms with Gasteiger partial charge in [-0.3, -0.25) is 23.2 Å². The Morgan fingerprint density at radius 2 is 1.49 bits per heavy atom. The quantitative estimate of drug-likeness (QED) is 0.0965. The standard InChI is InChI=1S/C30H42N5O7P/c1-21(2)22-11-13-23(14-12-22)34-25-24-26(32-17-31-25)35(18-33-24)15-9-10-16-43(38,41-19-39-27(36)29(3,4)5)42-20-40-28(37)30(6,7)8/h9-14,17-18,21H,15-16,19-20H2,1-8H3,(H,31,32,34)/b10-9+. The minimum atomic E-state index is -3.85. The van der Waals surface area contributed by atoms with Gasteiger partial charge < -0.3 is 19.4 Å². The molecule has 0 aliphatic rings. The second-order valence-corrected chi connectivity index (χ2v) is 14.4. The van der Waals surface area contributed by atoms with Crippen LogP contribution in [0.1, 0.15) is 66.9 Å². The number of carbonyl (C=O) groups is 2. The topological polar surface area (TPSA) is 144 Å². The van der Waals surface area contributed by atoms with Gasteiger partial charge in [0.15, 0.2) is 17.0 Å². The minimum Gasteiger partial charge on any atom is -0.438 e. The van der Waals surface area contributed by atoms with E-state index in [4.69, 9.17) is 18.5 Å². The lowest BCUT2D eigenvalue weighted by Gasteiger charge is -2.21. The van der Waals surface area contributed by atoms with E-state index >= 15 is 0 Å². The van der Waals surface area contributed by atoms with Gasteiger partial charge in [0.05, 0.1) is 23.3 Å². The smallest absolute Gasteiger partial charge is 0.340 e. The maximum atomic E-state index is 13.4. The lowest BCUT2D eigenvalue weighted by molar-refractivity contribution is -0.161. The summed E-state index contributed by atoms with van der Waals surface area (Å²) < 4.78 is 36.1. The molecule has 1 aromatic carbocycles. The molecule has 0 fully saturated rings. The number of anilines is 2. The van der Waals surface area contributed by atoms with Crippen molar-refractivity contribution < 1.29 is 32.7 Å². The molecular weight excluding hydrogens is 573 g/mol. The van der Waals surface area contributed by atoms with Crippen LogP contribution in [0.3, 0.4) is 0 Å². The van der Waals surface area contributed by atoms with Gasteiger partial charge in [-0.2, -0.15) is 0 Å². The molecule has 0 saturated heterocycles. The fourth-order valence-electron chi connectivity index (χ4n) is 3.48. The highest BCUT2D eigenvalue weighted by Gasteiger charge is 2.29. The fourth-order valence-corrected chi connectivity index (χ4v) is 4.60. The van der Waals surface area contributed by atoms with E-state index in [1.807, 2.05) is 16.7 Å². The van der Waals surface area contributed by atoms with Crippen LogP contribution in [0.15, 0.2) is 49.1 Å². The number of allylic oxidation sites excluding steroid dienone is 2. The number of benzene rings is 1. The van der Waals surface area contributed by atoms with Crippen molar-refractivity contribution in [1.82, 2.24) is 19.5 Å². The highest BCUT2D eigenvalue weighted by atomic mass is 31.2. The Hall–Kier alpha value is -3.60. The third-order valence-corrected chi connectivity index (χ3v) is 7.80. The van der Waals surface area contributed by atoms with Crippen LogP contribution in [-0.2, 0) is 39.2 Å². The van der Waals surface area contributed by atoms with E-state index in [-0.39, 0.29) is 6.16 Å². The number of imidazole rings is 1. The van der Waals surface area contributed by atoms with Crippen molar-refractivity contribution in [3.8, 4) is 0 Å². The van der Waals surface area contributed by atoms with Gasteiger partial charge in [-0.25, -0.2) is 15.0 Å². The van der Waals surface area contributed by atoms with Crippen LogP contribution in [0.2, 0.25) is 0 Å². The number of esters is 2. The molecule has 0 saturated carbocycles. The van der Waals surface area contributed by atoms with Crippen molar-refractivity contribution in [3.63, 3.8) is 0 Å². The molecule has 0 aliphatic heterocycles. The lowest BCUT2D eigenvalue weighted by Crippen LogP contribution is -2.25. The zero-order valence-electron chi connectivity index (χ0n) is 26.1. The molecule has 0 radical (unpaired) electrons. The number of nitrogens with zero attached hydrogens (tertiary/aromatic N) is 4. The summed E-state index contributed by atoms with van der Waals surface area (Å²) in [6.45, 7) is 13.6. The highest BCUT2D eigenvalue weighted by Crippen LogP contribution is 2.48. The molecule has 2 heterocycles. The van der Waals surface area contributed by atoms with Gasteiger partial charge in [-0.1, -0.05) is 38.1 Å². The van der Waals surface area contributed by atoms with Crippen LogP contribution in [0.25, 0.3) is 11.2 Å². The van der Waals surface area contributed by atoms with Crippen LogP contribution in [-0.4, -0.2) is 51.2 Å². The number of ether oxygens (including phenoxy) is 2. The molecule has 1 N–H and O–H groups in total. The van der Waals surface area contributed by atoms with E-state index in [1.54, 1.807) is 60.0 Å². The summed E-state index contributed by atoms with van der Waals surface area (Å²) in [5.74, 6) is -0.0353. The largest absolute Gasteiger partial charge is 0.438 e. The first kappa shape index (κ1) is 33.9. The summed E-state index contributed by atoms with van der Waals surface area (Å²) in [5, 5.41) is 3.30. The Morgan fingerprint density at radius 1 is 0.907 bits per heavy atom. The maximum Gasteiger partial charge on any atom is 0.340 e. The number of nitrogens with one attached hydrogen (secondary N) is 1. The molecule has 0 spiro atoms. The third kappa shape index (κ3) is 9.98. The molecule has 0 amide bonds. The van der Waals surface area contributed by atoms with Crippen LogP contribution < -0.4 is 5.32 Å². The summed E-state index contributed by atoms with van der Waals surface area (Å²) >= 11 is 0. The Morgan fingerprint density at radius 3 is 2.02 bits per heavy atom. The maximum absolute atomic E-state index is 13.4. The Kier molecular flexibility index (Phi) is 11.2. The van der Waals surface area contributed by atoms with Gasteiger partial charge in [0, 0.05) is 12.2 Å². The zero-order valence-corrected chi connectivity index (χ0v) is 27.0. The highest BCUT2D eigenvalue weighted by molar-refractivity contribution is 7.54. The summed E-state index contributed by atoms with van der Waals surface area (Å²) in [6, 6.07) is 8.15. The first-order valence-electron chi connectivity index (χ1n) is 14.0. The summed E-state index contributed by atoms with van der Waals surface area (Å²) in [7, 11) is -3.85. The predicted octanol–water partition coefficient (Wildman–Crippen LogP) is 6.57. The second kappa shape index (κ2) is 14.2. The van der Waals surface area contributed by atoms with Crippen LogP contribution in [0, 0.1) is 10.8 Å². The monoisotopic (exact) mass is 615 g/mol. The van der Waals surface area contributed by atoms with Crippen molar-refractivity contribution in [3.05, 3.63) is 54.6 Å². The van der Waals surface area contributed by atoms with Gasteiger partial charge in [0.2, 0.25) is 13.6 Å². The molecule has 3 aromatic rings. The summed E-state index contributed by atoms with van der Waals surface area (Å²) in [6.07, 6.45) is 6.31. The molecule has 43 heavy (non-hydrogen) atoms. The predicted molar refractivity (Wildman–Crippen MR) is 164 cm³/mol. The molecule has 0 bridgehead atoms. The van der Waals surface area contributed by atoms with Crippen molar-refractivity contribution >= 4 is 42.2 Å². The lowest BCUT2D eigenvalue weighted by atomic mass is 9.98. The molecule has 0 aliphatic carbocycles. The minimum absolute atomic E-state index is 0.159. The number of aromatic nitrogens is 4. The van der Waals surface area contributed by atoms with Gasteiger partial charge in [0.25, 0.3) is 0 Å². The molecular formula is C30H42N5O7P. The van der Waals surface area contributed by atoms with Crippen molar-refractivity contribution in [2.24, 2.45) is 10.8 Å². The number of fused-ring (bicyclic) bond motifs is 1. The average molecular weight is 616 g/mol. The molecule has 2 aromatic heterocycles. The fraction of sp³-hybridized carbons (Fsp3) is 0.500. The van der Waals surface area contributed by atoms with Crippen molar-refractivity contribution in [2.45, 2.75) is 67.9 Å². The number of carbonyl (C=O) groups excluding carboxylic acids is 2. The SMILES string of the molecule is CC(C)c1ccc(Nc2ncnc3c2ncn3C/C=C/CP(=O)(OCOC(=O)C(C)(C)C)OCOC(=O)C(C)(C)C)cc1. The van der Waals surface area contributed by atoms with Crippen molar-refractivity contribution in [2.75, 3.05) is 25.1 Å². The van der Waals surface area contributed by atoms with E-state index in [9.17, 15) is 14.2 Å². The van der Waals surface area contributed by atoms with E-state index in [0.717, 1.165) is 5.69 Å². The van der Waals surface area contributed by atoms with E-state index in [0.29, 0.717) is 29.4 Å². The van der Waals surface area contributed by atoms with Gasteiger partial charge in [-0.15, -0.1) is 0 Å². The normalized spacial score (nSPS) is 12.7. The van der Waals surface area contributed by atoms with Crippen molar-refractivity contribution in [1.29, 1.82) is 0 Å². The Bertz CT molecular complexity index is 1430. The summed E-state index contributed by atoms with van der Waals surface area (Å²) in [5.41, 5.74) is 1.81. The molecule has 0 unspecified atom stereocenters. The number of hydrogen-bond acceptors (Lipinski definition) is 11.